The molecule has 3 aliphatic rings. The molecular formula is C21H31N5O3S. The van der Waals surface area contributed by atoms with Gasteiger partial charge in [0.05, 0.1) is 6.54 Å². The molecule has 164 valence electrons. The number of carbonyl (C=O) groups excluding carboxylic acids is 2. The average Bonchev–Trinajstić information content (AvgIpc) is 2.67. The molecule has 1 aromatic rings. The fourth-order valence-electron chi connectivity index (χ4n) is 4.90. The second-order valence-corrected chi connectivity index (χ2v) is 10.4. The molecule has 2 fully saturated rings. The molecule has 3 heterocycles. The number of fused-ring (bicyclic) bond motifs is 1. The van der Waals surface area contributed by atoms with Gasteiger partial charge in [-0.15, -0.1) is 0 Å². The lowest BCUT2D eigenvalue weighted by Crippen LogP contribution is -2.64. The van der Waals surface area contributed by atoms with Gasteiger partial charge < -0.3 is 14.5 Å². The number of hydrogen-bond donors (Lipinski definition) is 0. The molecule has 1 aromatic heterocycles. The zero-order valence-electron chi connectivity index (χ0n) is 18.5. The first-order valence-corrected chi connectivity index (χ1v) is 11.8. The van der Waals surface area contributed by atoms with Crippen LogP contribution >= 0.6 is 11.8 Å². The quantitative estimate of drug-likeness (QED) is 0.522. The molecule has 1 saturated heterocycles. The van der Waals surface area contributed by atoms with Crippen LogP contribution in [-0.4, -0.2) is 69.9 Å². The van der Waals surface area contributed by atoms with Gasteiger partial charge in [-0.1, -0.05) is 18.2 Å². The van der Waals surface area contributed by atoms with E-state index < -0.39 is 5.60 Å². The monoisotopic (exact) mass is 433 g/mol. The van der Waals surface area contributed by atoms with Crippen LogP contribution in [0.3, 0.4) is 0 Å². The number of piperidine rings is 1. The summed E-state index contributed by atoms with van der Waals surface area (Å²) in [4.78, 5) is 40.4. The largest absolute Gasteiger partial charge is 0.444 e. The maximum Gasteiger partial charge on any atom is 0.410 e. The molecule has 1 aliphatic carbocycles. The van der Waals surface area contributed by atoms with E-state index in [-0.39, 0.29) is 23.6 Å². The Morgan fingerprint density at radius 2 is 2.07 bits per heavy atom. The molecule has 1 saturated carbocycles. The highest BCUT2D eigenvalue weighted by Gasteiger charge is 2.53. The summed E-state index contributed by atoms with van der Waals surface area (Å²) in [5, 5.41) is 0.669. The lowest BCUT2D eigenvalue weighted by atomic mass is 9.61. The van der Waals surface area contributed by atoms with Crippen LogP contribution in [0, 0.1) is 5.41 Å². The summed E-state index contributed by atoms with van der Waals surface area (Å²) in [5.41, 5.74) is 0.411. The van der Waals surface area contributed by atoms with E-state index in [1.165, 1.54) is 11.8 Å². The minimum atomic E-state index is -0.508. The zero-order chi connectivity index (χ0) is 21.7. The molecule has 4 rings (SSSR count). The number of likely N-dealkylation sites (tertiary alicyclic amines) is 1. The molecule has 1 unspecified atom stereocenters. The summed E-state index contributed by atoms with van der Waals surface area (Å²) in [6, 6.07) is 0.0866. The molecule has 8 nitrogen and oxygen atoms in total. The Morgan fingerprint density at radius 1 is 1.33 bits per heavy atom. The first-order chi connectivity index (χ1) is 14.1. The van der Waals surface area contributed by atoms with Crippen molar-refractivity contribution in [2.24, 2.45) is 5.41 Å². The molecule has 0 radical (unpaired) electrons. The van der Waals surface area contributed by atoms with E-state index in [4.69, 9.17) is 4.74 Å². The van der Waals surface area contributed by atoms with Crippen molar-refractivity contribution in [1.29, 1.82) is 0 Å². The molecule has 2 aliphatic heterocycles. The van der Waals surface area contributed by atoms with Gasteiger partial charge in [-0.3, -0.25) is 4.90 Å². The van der Waals surface area contributed by atoms with Gasteiger partial charge in [0, 0.05) is 43.4 Å². The Morgan fingerprint density at radius 3 is 2.67 bits per heavy atom. The second-order valence-electron chi connectivity index (χ2n) is 9.60. The van der Waals surface area contributed by atoms with Crippen molar-refractivity contribution in [2.45, 2.75) is 69.8 Å². The molecule has 1 spiro atoms. The molecular weight excluding hydrogens is 402 g/mol. The standard InChI is InChI=1S/C21H31N5O3S/c1-20(2,3)29-19(28)25-10-7-15(21(13-25)8-6-9-21)26-12-14-11-22-17(30-5)23-16(14)24(4)18(26)27/h11,15H,6-10,12-13H2,1-5H3. The molecule has 9 heteroatoms. The lowest BCUT2D eigenvalue weighted by molar-refractivity contribution is -0.0596. The number of amides is 3. The highest BCUT2D eigenvalue weighted by atomic mass is 32.2. The summed E-state index contributed by atoms with van der Waals surface area (Å²) in [6.45, 7) is 7.44. The van der Waals surface area contributed by atoms with Gasteiger partial charge in [-0.2, -0.15) is 0 Å². The van der Waals surface area contributed by atoms with E-state index in [1.54, 1.807) is 11.9 Å². The minimum Gasteiger partial charge on any atom is -0.444 e. The van der Waals surface area contributed by atoms with Gasteiger partial charge in [0.1, 0.15) is 11.4 Å². The summed E-state index contributed by atoms with van der Waals surface area (Å²) in [5.74, 6) is 0.699. The maximum atomic E-state index is 13.3. The van der Waals surface area contributed by atoms with Crippen molar-refractivity contribution in [3.05, 3.63) is 11.8 Å². The number of urea groups is 1. The van der Waals surface area contributed by atoms with Gasteiger partial charge in [0.25, 0.3) is 0 Å². The van der Waals surface area contributed by atoms with Gasteiger partial charge in [-0.25, -0.2) is 19.6 Å². The van der Waals surface area contributed by atoms with Crippen LogP contribution in [0.4, 0.5) is 15.4 Å². The molecule has 1 atom stereocenters. The van der Waals surface area contributed by atoms with Crippen molar-refractivity contribution >= 4 is 29.7 Å². The maximum absolute atomic E-state index is 13.3. The Balaban J connectivity index is 1.55. The fraction of sp³-hybridized carbons (Fsp3) is 0.714. The Bertz CT molecular complexity index is 852. The number of hydrogen-bond acceptors (Lipinski definition) is 6. The van der Waals surface area contributed by atoms with E-state index in [9.17, 15) is 9.59 Å². The Kier molecular flexibility index (Phi) is 5.36. The fourth-order valence-corrected chi connectivity index (χ4v) is 5.24. The third-order valence-electron chi connectivity index (χ3n) is 6.46. The highest BCUT2D eigenvalue weighted by Crippen LogP contribution is 2.50. The number of anilines is 1. The van der Waals surface area contributed by atoms with E-state index in [0.717, 1.165) is 31.2 Å². The highest BCUT2D eigenvalue weighted by molar-refractivity contribution is 7.98. The van der Waals surface area contributed by atoms with E-state index in [2.05, 4.69) is 9.97 Å². The van der Waals surface area contributed by atoms with Crippen LogP contribution in [0.1, 0.15) is 52.0 Å². The van der Waals surface area contributed by atoms with Gasteiger partial charge >= 0.3 is 12.1 Å². The van der Waals surface area contributed by atoms with E-state index in [0.29, 0.717) is 30.6 Å². The second kappa shape index (κ2) is 7.59. The summed E-state index contributed by atoms with van der Waals surface area (Å²) in [6.07, 6.45) is 7.46. The Labute approximate surface area is 182 Å². The molecule has 0 bridgehead atoms. The summed E-state index contributed by atoms with van der Waals surface area (Å²) >= 11 is 1.47. The van der Waals surface area contributed by atoms with Crippen LogP contribution in [0.5, 0.6) is 0 Å². The summed E-state index contributed by atoms with van der Waals surface area (Å²) in [7, 11) is 1.79. The number of thioether (sulfide) groups is 1. The third kappa shape index (κ3) is 3.72. The van der Waals surface area contributed by atoms with Crippen LogP contribution < -0.4 is 4.90 Å². The van der Waals surface area contributed by atoms with Crippen molar-refractivity contribution in [1.82, 2.24) is 19.8 Å². The predicted molar refractivity (Wildman–Crippen MR) is 116 cm³/mol. The topological polar surface area (TPSA) is 78.9 Å². The Hall–Kier alpha value is -2.03. The van der Waals surface area contributed by atoms with Crippen LogP contribution in [0.25, 0.3) is 0 Å². The first kappa shape index (κ1) is 21.2. The molecule has 3 amide bonds. The number of nitrogens with zero attached hydrogens (tertiary/aromatic N) is 5. The van der Waals surface area contributed by atoms with E-state index in [1.807, 2.05) is 43.0 Å². The van der Waals surface area contributed by atoms with Crippen molar-refractivity contribution in [3.8, 4) is 0 Å². The van der Waals surface area contributed by atoms with Crippen LogP contribution in [0.2, 0.25) is 0 Å². The van der Waals surface area contributed by atoms with Crippen LogP contribution in [0.15, 0.2) is 11.4 Å². The molecule has 0 aromatic carbocycles. The number of aromatic nitrogens is 2. The van der Waals surface area contributed by atoms with Crippen molar-refractivity contribution < 1.29 is 14.3 Å². The zero-order valence-corrected chi connectivity index (χ0v) is 19.3. The smallest absolute Gasteiger partial charge is 0.410 e. The van der Waals surface area contributed by atoms with Gasteiger partial charge in [0.15, 0.2) is 5.16 Å². The van der Waals surface area contributed by atoms with E-state index >= 15 is 0 Å². The summed E-state index contributed by atoms with van der Waals surface area (Å²) < 4.78 is 5.61. The first-order valence-electron chi connectivity index (χ1n) is 10.6. The van der Waals surface area contributed by atoms with Crippen LogP contribution in [-0.2, 0) is 11.3 Å². The normalized spacial score (nSPS) is 23.3. The third-order valence-corrected chi connectivity index (χ3v) is 7.02. The van der Waals surface area contributed by atoms with Gasteiger partial charge in [0.2, 0.25) is 0 Å². The van der Waals surface area contributed by atoms with Crippen molar-refractivity contribution in [2.75, 3.05) is 31.3 Å². The number of ether oxygens (including phenoxy) is 1. The SMILES string of the molecule is CSc1ncc2c(n1)N(C)C(=O)N(C1CCN(C(=O)OC(C)(C)C)CC13CCC3)C2. The average molecular weight is 434 g/mol. The van der Waals surface area contributed by atoms with Crippen molar-refractivity contribution in [3.63, 3.8) is 0 Å². The van der Waals surface area contributed by atoms with Gasteiger partial charge in [-0.05, 0) is 46.3 Å². The number of rotatable bonds is 2. The molecule has 0 N–H and O–H groups in total. The lowest BCUT2D eigenvalue weighted by Gasteiger charge is -2.57. The minimum absolute atomic E-state index is 0.0183. The number of carbonyl (C=O) groups is 2. The molecule has 30 heavy (non-hydrogen) atoms. The predicted octanol–water partition coefficient (Wildman–Crippen LogP) is 3.75.